The summed E-state index contributed by atoms with van der Waals surface area (Å²) in [6.45, 7) is 5.22. The number of aromatic nitrogens is 1. The lowest BCUT2D eigenvalue weighted by Gasteiger charge is -2.31. The van der Waals surface area contributed by atoms with Gasteiger partial charge in [-0.25, -0.2) is 8.42 Å². The number of morpholine rings is 1. The number of carbonyl (C=O) groups is 1. The first kappa shape index (κ1) is 20.8. The molecule has 2 aliphatic rings. The third-order valence-electron chi connectivity index (χ3n) is 5.37. The van der Waals surface area contributed by atoms with Crippen LogP contribution in [-0.4, -0.2) is 63.2 Å². The number of benzene rings is 1. The van der Waals surface area contributed by atoms with E-state index in [2.05, 4.69) is 15.4 Å². The zero-order chi connectivity index (χ0) is 21.1. The number of nitrogens with zero attached hydrogens (tertiary/aromatic N) is 3. The molecule has 0 unspecified atom stereocenters. The number of nitrogens with one attached hydrogen (secondary N) is 1. The smallest absolute Gasteiger partial charge is 0.294 e. The van der Waals surface area contributed by atoms with Crippen molar-refractivity contribution in [3.63, 3.8) is 0 Å². The van der Waals surface area contributed by atoms with Gasteiger partial charge >= 0.3 is 0 Å². The van der Waals surface area contributed by atoms with Crippen molar-refractivity contribution < 1.29 is 22.5 Å². The first-order valence-corrected chi connectivity index (χ1v) is 11.6. The first-order chi connectivity index (χ1) is 14.4. The molecule has 2 aromatic rings. The SMILES string of the molecule is Cc1cc(C(=O)Nc2cc(S(=O)(=O)N3CCCCC3)ccc2N2CCOCC2)on1. The molecule has 0 saturated carbocycles. The van der Waals surface area contributed by atoms with Crippen molar-refractivity contribution in [2.24, 2.45) is 0 Å². The zero-order valence-electron chi connectivity index (χ0n) is 17.0. The van der Waals surface area contributed by atoms with Crippen molar-refractivity contribution in [3.8, 4) is 0 Å². The lowest BCUT2D eigenvalue weighted by molar-refractivity contribution is 0.0988. The van der Waals surface area contributed by atoms with Gasteiger partial charge in [-0.15, -0.1) is 0 Å². The van der Waals surface area contributed by atoms with Gasteiger partial charge in [0.2, 0.25) is 15.8 Å². The average Bonchev–Trinajstić information content (AvgIpc) is 3.21. The summed E-state index contributed by atoms with van der Waals surface area (Å²) in [5.41, 5.74) is 1.77. The molecule has 1 N–H and O–H groups in total. The number of piperidine rings is 1. The summed E-state index contributed by atoms with van der Waals surface area (Å²) in [5, 5.41) is 6.56. The van der Waals surface area contributed by atoms with E-state index >= 15 is 0 Å². The zero-order valence-corrected chi connectivity index (χ0v) is 17.8. The van der Waals surface area contributed by atoms with E-state index in [4.69, 9.17) is 9.26 Å². The molecule has 162 valence electrons. The molecule has 0 aliphatic carbocycles. The van der Waals surface area contributed by atoms with Crippen LogP contribution in [0.25, 0.3) is 0 Å². The number of hydrogen-bond donors (Lipinski definition) is 1. The number of anilines is 2. The monoisotopic (exact) mass is 434 g/mol. The minimum absolute atomic E-state index is 0.0738. The van der Waals surface area contributed by atoms with Crippen molar-refractivity contribution >= 4 is 27.3 Å². The molecule has 0 bridgehead atoms. The average molecular weight is 435 g/mol. The number of sulfonamides is 1. The maximum absolute atomic E-state index is 13.1. The molecule has 0 spiro atoms. The van der Waals surface area contributed by atoms with Crippen LogP contribution >= 0.6 is 0 Å². The molecule has 1 amide bonds. The third kappa shape index (κ3) is 4.35. The number of amides is 1. The predicted octanol–water partition coefficient (Wildman–Crippen LogP) is 2.25. The van der Waals surface area contributed by atoms with Gasteiger partial charge in [0.15, 0.2) is 0 Å². The fourth-order valence-corrected chi connectivity index (χ4v) is 5.31. The van der Waals surface area contributed by atoms with Crippen LogP contribution in [0.2, 0.25) is 0 Å². The topological polar surface area (TPSA) is 105 Å². The molecule has 3 heterocycles. The second-order valence-electron chi connectivity index (χ2n) is 7.53. The Labute approximate surface area is 176 Å². The van der Waals surface area contributed by atoms with Crippen molar-refractivity contribution in [1.82, 2.24) is 9.46 Å². The van der Waals surface area contributed by atoms with Gasteiger partial charge in [-0.2, -0.15) is 4.31 Å². The van der Waals surface area contributed by atoms with Crippen molar-refractivity contribution in [2.75, 3.05) is 49.6 Å². The van der Waals surface area contributed by atoms with E-state index in [0.717, 1.165) is 24.9 Å². The molecule has 2 saturated heterocycles. The fraction of sp³-hybridized carbons (Fsp3) is 0.500. The van der Waals surface area contributed by atoms with E-state index in [1.54, 1.807) is 19.1 Å². The largest absolute Gasteiger partial charge is 0.378 e. The Bertz CT molecular complexity index is 1010. The third-order valence-corrected chi connectivity index (χ3v) is 7.27. The lowest BCUT2D eigenvalue weighted by Crippen LogP contribution is -2.37. The van der Waals surface area contributed by atoms with E-state index in [0.29, 0.717) is 50.8 Å². The molecule has 10 heteroatoms. The summed E-state index contributed by atoms with van der Waals surface area (Å²) >= 11 is 0. The summed E-state index contributed by atoms with van der Waals surface area (Å²) in [4.78, 5) is 14.9. The summed E-state index contributed by atoms with van der Waals surface area (Å²) in [6.07, 6.45) is 2.76. The minimum atomic E-state index is -3.63. The van der Waals surface area contributed by atoms with E-state index in [1.165, 1.54) is 16.4 Å². The van der Waals surface area contributed by atoms with Crippen LogP contribution in [0.3, 0.4) is 0 Å². The number of aryl methyl sites for hydroxylation is 1. The Morgan fingerprint density at radius 1 is 1.07 bits per heavy atom. The Morgan fingerprint density at radius 3 is 2.47 bits per heavy atom. The molecule has 9 nitrogen and oxygen atoms in total. The second-order valence-corrected chi connectivity index (χ2v) is 9.47. The first-order valence-electron chi connectivity index (χ1n) is 10.2. The molecular formula is C20H26N4O5S. The summed E-state index contributed by atoms with van der Waals surface area (Å²) < 4.78 is 38.3. The van der Waals surface area contributed by atoms with Crippen LogP contribution in [0.4, 0.5) is 11.4 Å². The second kappa shape index (κ2) is 8.75. The van der Waals surface area contributed by atoms with Crippen molar-refractivity contribution in [3.05, 3.63) is 35.7 Å². The molecule has 0 atom stereocenters. The van der Waals surface area contributed by atoms with E-state index in [-0.39, 0.29) is 10.7 Å². The fourth-order valence-electron chi connectivity index (χ4n) is 3.76. The highest BCUT2D eigenvalue weighted by Gasteiger charge is 2.28. The van der Waals surface area contributed by atoms with Crippen LogP contribution in [0.5, 0.6) is 0 Å². The Morgan fingerprint density at radius 2 is 1.80 bits per heavy atom. The van der Waals surface area contributed by atoms with Gasteiger partial charge in [0, 0.05) is 32.2 Å². The lowest BCUT2D eigenvalue weighted by atomic mass is 10.2. The Balaban J connectivity index is 1.68. The standard InChI is InChI=1S/C20H26N4O5S/c1-15-13-19(29-22-15)20(25)21-17-14-16(30(26,27)24-7-3-2-4-8-24)5-6-18(17)23-9-11-28-12-10-23/h5-6,13-14H,2-4,7-12H2,1H3,(H,21,25). The van der Waals surface area contributed by atoms with Crippen molar-refractivity contribution in [1.29, 1.82) is 0 Å². The van der Waals surface area contributed by atoms with Gasteiger partial charge in [0.1, 0.15) is 0 Å². The van der Waals surface area contributed by atoms with Crippen LogP contribution in [-0.2, 0) is 14.8 Å². The number of rotatable bonds is 5. The minimum Gasteiger partial charge on any atom is -0.378 e. The van der Waals surface area contributed by atoms with E-state index in [9.17, 15) is 13.2 Å². The highest BCUT2D eigenvalue weighted by atomic mass is 32.2. The van der Waals surface area contributed by atoms with Crippen LogP contribution < -0.4 is 10.2 Å². The van der Waals surface area contributed by atoms with Crippen LogP contribution in [0, 0.1) is 6.92 Å². The van der Waals surface area contributed by atoms with Gasteiger partial charge in [-0.1, -0.05) is 11.6 Å². The molecule has 0 radical (unpaired) electrons. The summed E-state index contributed by atoms with van der Waals surface area (Å²) in [6, 6.07) is 6.44. The molecule has 2 fully saturated rings. The van der Waals surface area contributed by atoms with Gasteiger partial charge < -0.3 is 19.5 Å². The summed E-state index contributed by atoms with van der Waals surface area (Å²) in [5.74, 6) is -0.401. The van der Waals surface area contributed by atoms with Gasteiger partial charge in [-0.3, -0.25) is 4.79 Å². The van der Waals surface area contributed by atoms with Crippen LogP contribution in [0.1, 0.15) is 35.5 Å². The molecule has 30 heavy (non-hydrogen) atoms. The molecular weight excluding hydrogens is 408 g/mol. The van der Waals surface area contributed by atoms with Gasteiger partial charge in [0.05, 0.1) is 35.2 Å². The Hall–Kier alpha value is -2.43. The number of ether oxygens (including phenoxy) is 1. The quantitative estimate of drug-likeness (QED) is 0.769. The highest BCUT2D eigenvalue weighted by Crippen LogP contribution is 2.32. The van der Waals surface area contributed by atoms with Crippen LogP contribution in [0.15, 0.2) is 33.7 Å². The molecule has 4 rings (SSSR count). The molecule has 2 aliphatic heterocycles. The maximum Gasteiger partial charge on any atom is 0.294 e. The Kier molecular flexibility index (Phi) is 6.07. The normalized spacial score (nSPS) is 18.4. The van der Waals surface area contributed by atoms with E-state index < -0.39 is 15.9 Å². The number of carbonyl (C=O) groups excluding carboxylic acids is 1. The van der Waals surface area contributed by atoms with E-state index in [1.807, 2.05) is 0 Å². The van der Waals surface area contributed by atoms with Gasteiger partial charge in [-0.05, 0) is 38.0 Å². The number of hydrogen-bond acceptors (Lipinski definition) is 7. The maximum atomic E-state index is 13.1. The molecule has 1 aromatic heterocycles. The summed E-state index contributed by atoms with van der Waals surface area (Å²) in [7, 11) is -3.63. The van der Waals surface area contributed by atoms with Crippen molar-refractivity contribution in [2.45, 2.75) is 31.1 Å². The predicted molar refractivity (Wildman–Crippen MR) is 111 cm³/mol. The van der Waals surface area contributed by atoms with Gasteiger partial charge in [0.25, 0.3) is 5.91 Å². The molecule has 1 aromatic carbocycles. The highest BCUT2D eigenvalue weighted by molar-refractivity contribution is 7.89.